The number of hydrogen-bond acceptors (Lipinski definition) is 4. The van der Waals surface area contributed by atoms with Gasteiger partial charge in [-0.25, -0.2) is 4.98 Å². The van der Waals surface area contributed by atoms with Gasteiger partial charge in [0.15, 0.2) is 0 Å². The van der Waals surface area contributed by atoms with Crippen molar-refractivity contribution in [3.8, 4) is 11.3 Å². The first-order chi connectivity index (χ1) is 14.8. The van der Waals surface area contributed by atoms with E-state index in [1.165, 1.54) is 0 Å². The van der Waals surface area contributed by atoms with Crippen molar-refractivity contribution in [2.75, 3.05) is 7.05 Å². The number of carbonyl (C=O) groups excluding carboxylic acids is 1. The number of aryl methyl sites for hydroxylation is 3. The zero-order valence-electron chi connectivity index (χ0n) is 18.6. The van der Waals surface area contributed by atoms with E-state index in [1.807, 2.05) is 57.5 Å². The van der Waals surface area contributed by atoms with E-state index in [2.05, 4.69) is 30.0 Å². The van der Waals surface area contributed by atoms with Gasteiger partial charge in [0.2, 0.25) is 0 Å². The summed E-state index contributed by atoms with van der Waals surface area (Å²) in [6.07, 6.45) is 6.19. The van der Waals surface area contributed by atoms with E-state index in [1.54, 1.807) is 22.0 Å². The molecule has 0 bridgehead atoms. The average molecular weight is 414 g/mol. The minimum atomic E-state index is -0.0255. The maximum atomic E-state index is 13.6. The number of carbonyl (C=O) groups is 1. The minimum Gasteiger partial charge on any atom is -0.339 e. The molecule has 0 aliphatic rings. The molecule has 3 heterocycles. The second-order valence-corrected chi connectivity index (χ2v) is 8.21. The first kappa shape index (κ1) is 20.7. The van der Waals surface area contributed by atoms with Crippen molar-refractivity contribution in [2.45, 2.75) is 33.2 Å². The Bertz CT molecular complexity index is 1260. The van der Waals surface area contributed by atoms with Gasteiger partial charge in [-0.1, -0.05) is 18.2 Å². The second kappa shape index (κ2) is 8.30. The first-order valence-corrected chi connectivity index (χ1v) is 10.4. The summed E-state index contributed by atoms with van der Waals surface area (Å²) < 4.78 is 1.74. The number of fused-ring (bicyclic) bond motifs is 1. The van der Waals surface area contributed by atoms with E-state index < -0.39 is 0 Å². The van der Waals surface area contributed by atoms with Crippen molar-refractivity contribution in [2.24, 2.45) is 7.05 Å². The zero-order valence-corrected chi connectivity index (χ0v) is 18.6. The predicted molar refractivity (Wildman–Crippen MR) is 123 cm³/mol. The van der Waals surface area contributed by atoms with Gasteiger partial charge in [-0.15, -0.1) is 0 Å². The molecule has 3 aromatic heterocycles. The molecule has 0 aliphatic heterocycles. The number of benzene rings is 1. The third kappa shape index (κ3) is 4.19. The van der Waals surface area contributed by atoms with Crippen molar-refractivity contribution in [1.82, 2.24) is 24.6 Å². The molecule has 4 aromatic rings. The van der Waals surface area contributed by atoms with Gasteiger partial charge in [0.05, 0.1) is 23.0 Å². The fourth-order valence-electron chi connectivity index (χ4n) is 3.76. The number of pyridine rings is 2. The van der Waals surface area contributed by atoms with E-state index in [4.69, 9.17) is 4.98 Å². The lowest BCUT2D eigenvalue weighted by Crippen LogP contribution is -2.37. The van der Waals surface area contributed by atoms with Crippen molar-refractivity contribution in [3.63, 3.8) is 0 Å². The van der Waals surface area contributed by atoms with Gasteiger partial charge >= 0.3 is 0 Å². The summed E-state index contributed by atoms with van der Waals surface area (Å²) >= 11 is 0. The minimum absolute atomic E-state index is 0.00314. The molecule has 0 N–H and O–H groups in total. The fourth-order valence-corrected chi connectivity index (χ4v) is 3.76. The Morgan fingerprint density at radius 3 is 2.71 bits per heavy atom. The van der Waals surface area contributed by atoms with Gasteiger partial charge in [0.25, 0.3) is 5.91 Å². The van der Waals surface area contributed by atoms with E-state index >= 15 is 0 Å². The molecule has 6 heteroatoms. The molecule has 0 unspecified atom stereocenters. The van der Waals surface area contributed by atoms with Crippen LogP contribution in [-0.2, 0) is 13.5 Å². The van der Waals surface area contributed by atoms with Crippen LogP contribution in [0.1, 0.15) is 34.1 Å². The number of hydrogen-bond donors (Lipinski definition) is 0. The molecule has 0 spiro atoms. The summed E-state index contributed by atoms with van der Waals surface area (Å²) in [4.78, 5) is 24.7. The van der Waals surface area contributed by atoms with E-state index in [9.17, 15) is 4.79 Å². The van der Waals surface area contributed by atoms with Crippen LogP contribution in [0.5, 0.6) is 0 Å². The Labute approximate surface area is 182 Å². The van der Waals surface area contributed by atoms with Crippen molar-refractivity contribution >= 4 is 16.8 Å². The number of rotatable bonds is 5. The highest BCUT2D eigenvalue weighted by molar-refractivity contribution is 6.07. The molecule has 6 nitrogen and oxygen atoms in total. The molecule has 1 atom stereocenters. The highest BCUT2D eigenvalue weighted by Gasteiger charge is 2.22. The predicted octanol–water partition coefficient (Wildman–Crippen LogP) is 4.35. The van der Waals surface area contributed by atoms with Gasteiger partial charge in [0, 0.05) is 55.6 Å². The molecule has 0 saturated carbocycles. The van der Waals surface area contributed by atoms with Gasteiger partial charge in [-0.3, -0.25) is 14.5 Å². The largest absolute Gasteiger partial charge is 0.339 e. The average Bonchev–Trinajstić information content (AvgIpc) is 3.19. The standard InChI is InChI=1S/C25H27N5O/c1-16-8-9-20-21(13-23(28-24(20)11-16)19-14-27-29(4)15-19)25(31)30(5)18(3)12-22-17(2)7-6-10-26-22/h6-11,13-15,18H,12H2,1-5H3/t18-/m1/s1. The molecular weight excluding hydrogens is 386 g/mol. The molecule has 0 saturated heterocycles. The Hall–Kier alpha value is -3.54. The maximum Gasteiger partial charge on any atom is 0.254 e. The highest BCUT2D eigenvalue weighted by Crippen LogP contribution is 2.27. The smallest absolute Gasteiger partial charge is 0.254 e. The molecular formula is C25H27N5O. The Kier molecular flexibility index (Phi) is 5.55. The Morgan fingerprint density at radius 1 is 1.19 bits per heavy atom. The molecule has 1 aromatic carbocycles. The normalized spacial score (nSPS) is 12.2. The number of aromatic nitrogens is 4. The van der Waals surface area contributed by atoms with Crippen LogP contribution in [0.4, 0.5) is 0 Å². The highest BCUT2D eigenvalue weighted by atomic mass is 16.2. The van der Waals surface area contributed by atoms with Gasteiger partial charge in [-0.05, 0) is 50.1 Å². The van der Waals surface area contributed by atoms with Crippen LogP contribution >= 0.6 is 0 Å². The van der Waals surface area contributed by atoms with E-state index in [0.717, 1.165) is 39.0 Å². The van der Waals surface area contributed by atoms with Crippen molar-refractivity contribution in [1.29, 1.82) is 0 Å². The Morgan fingerprint density at radius 2 is 2.00 bits per heavy atom. The lowest BCUT2D eigenvalue weighted by molar-refractivity contribution is 0.0744. The summed E-state index contributed by atoms with van der Waals surface area (Å²) in [6.45, 7) is 6.14. The lowest BCUT2D eigenvalue weighted by Gasteiger charge is -2.26. The third-order valence-corrected chi connectivity index (χ3v) is 5.78. The van der Waals surface area contributed by atoms with Crippen LogP contribution < -0.4 is 0 Å². The molecule has 31 heavy (non-hydrogen) atoms. The lowest BCUT2D eigenvalue weighted by atomic mass is 10.0. The van der Waals surface area contributed by atoms with E-state index in [-0.39, 0.29) is 11.9 Å². The monoisotopic (exact) mass is 413 g/mol. The van der Waals surface area contributed by atoms with Crippen molar-refractivity contribution < 1.29 is 4.79 Å². The molecule has 0 aliphatic carbocycles. The van der Waals surface area contributed by atoms with Crippen LogP contribution in [0.2, 0.25) is 0 Å². The molecule has 4 rings (SSSR count). The van der Waals surface area contributed by atoms with Crippen LogP contribution in [-0.4, -0.2) is 43.6 Å². The zero-order chi connectivity index (χ0) is 22.1. The summed E-state index contributed by atoms with van der Waals surface area (Å²) in [6, 6.07) is 11.9. The number of nitrogens with zero attached hydrogens (tertiary/aromatic N) is 5. The van der Waals surface area contributed by atoms with E-state index in [0.29, 0.717) is 12.0 Å². The molecule has 0 fully saturated rings. The third-order valence-electron chi connectivity index (χ3n) is 5.78. The second-order valence-electron chi connectivity index (χ2n) is 8.21. The SMILES string of the molecule is Cc1ccc2c(C(=O)N(C)[C@H](C)Cc3ncccc3C)cc(-c3cnn(C)c3)nc2c1. The summed E-state index contributed by atoms with van der Waals surface area (Å²) in [5.74, 6) is -0.0255. The van der Waals surface area contributed by atoms with Crippen LogP contribution in [0, 0.1) is 13.8 Å². The maximum absolute atomic E-state index is 13.6. The molecule has 1 amide bonds. The fraction of sp³-hybridized carbons (Fsp3) is 0.280. The first-order valence-electron chi connectivity index (χ1n) is 10.4. The topological polar surface area (TPSA) is 63.9 Å². The quantitative estimate of drug-likeness (QED) is 0.488. The summed E-state index contributed by atoms with van der Waals surface area (Å²) in [5.41, 5.74) is 6.35. The number of amides is 1. The van der Waals surface area contributed by atoms with Gasteiger partial charge < -0.3 is 4.90 Å². The summed E-state index contributed by atoms with van der Waals surface area (Å²) in [5, 5.41) is 5.12. The summed E-state index contributed by atoms with van der Waals surface area (Å²) in [7, 11) is 3.73. The molecule has 158 valence electrons. The number of likely N-dealkylation sites (N-methyl/N-ethyl adjacent to an activating group) is 1. The van der Waals surface area contributed by atoms with Gasteiger partial charge in [0.1, 0.15) is 0 Å². The van der Waals surface area contributed by atoms with Gasteiger partial charge in [-0.2, -0.15) is 5.10 Å². The van der Waals surface area contributed by atoms with Crippen LogP contribution in [0.3, 0.4) is 0 Å². The Balaban J connectivity index is 1.73. The van der Waals surface area contributed by atoms with Crippen molar-refractivity contribution in [3.05, 3.63) is 77.4 Å². The van der Waals surface area contributed by atoms with Crippen LogP contribution in [0.15, 0.2) is 55.0 Å². The molecule has 0 radical (unpaired) electrons. The van der Waals surface area contributed by atoms with Crippen LogP contribution in [0.25, 0.3) is 22.2 Å².